The van der Waals surface area contributed by atoms with Crippen molar-refractivity contribution in [2.45, 2.75) is 25.8 Å². The van der Waals surface area contributed by atoms with Crippen molar-refractivity contribution < 1.29 is 0 Å². The lowest BCUT2D eigenvalue weighted by Gasteiger charge is -2.17. The molecule has 0 spiro atoms. The summed E-state index contributed by atoms with van der Waals surface area (Å²) in [7, 11) is 0. The zero-order chi connectivity index (χ0) is 14.5. The molecule has 0 saturated carbocycles. The highest BCUT2D eigenvalue weighted by Gasteiger charge is 2.16. The maximum atomic E-state index is 3.65. The second-order valence-corrected chi connectivity index (χ2v) is 8.78. The van der Waals surface area contributed by atoms with Crippen LogP contribution in [0.3, 0.4) is 0 Å². The number of rotatable bonds is 6. The first-order valence-corrected chi connectivity index (χ1v) is 9.72. The predicted octanol–water partition coefficient (Wildman–Crippen LogP) is 6.32. The molecule has 1 atom stereocenters. The van der Waals surface area contributed by atoms with Crippen LogP contribution in [-0.2, 0) is 6.42 Å². The molecule has 0 amide bonds. The van der Waals surface area contributed by atoms with Gasteiger partial charge in [0.05, 0.1) is 3.79 Å². The van der Waals surface area contributed by atoms with Gasteiger partial charge >= 0.3 is 0 Å². The monoisotopic (exact) mass is 479 g/mol. The third-order valence-corrected chi connectivity index (χ3v) is 6.84. The minimum Gasteiger partial charge on any atom is -0.309 e. The van der Waals surface area contributed by atoms with Crippen LogP contribution in [0.15, 0.2) is 43.1 Å². The lowest BCUT2D eigenvalue weighted by atomic mass is 10.0. The van der Waals surface area contributed by atoms with E-state index in [1.165, 1.54) is 10.4 Å². The number of hydrogen-bond acceptors (Lipinski definition) is 2. The van der Waals surface area contributed by atoms with Gasteiger partial charge in [-0.05, 0) is 75.0 Å². The molecule has 108 valence electrons. The number of thiophene rings is 1. The van der Waals surface area contributed by atoms with Crippen molar-refractivity contribution in [3.05, 3.63) is 53.5 Å². The maximum absolute atomic E-state index is 3.65. The smallest absolute Gasteiger partial charge is 0.0843 e. The lowest BCUT2D eigenvalue weighted by molar-refractivity contribution is 0.536. The van der Waals surface area contributed by atoms with Gasteiger partial charge in [0.1, 0.15) is 0 Å². The fraction of sp³-hybridized carbons (Fsp3) is 0.333. The van der Waals surface area contributed by atoms with Crippen molar-refractivity contribution in [2.24, 2.45) is 0 Å². The van der Waals surface area contributed by atoms with E-state index in [-0.39, 0.29) is 0 Å². The van der Waals surface area contributed by atoms with Crippen molar-refractivity contribution >= 4 is 59.1 Å². The molecule has 2 aromatic rings. The van der Waals surface area contributed by atoms with E-state index < -0.39 is 0 Å². The molecule has 1 heterocycles. The largest absolute Gasteiger partial charge is 0.309 e. The summed E-state index contributed by atoms with van der Waals surface area (Å²) < 4.78 is 3.43. The van der Waals surface area contributed by atoms with Gasteiger partial charge in [-0.25, -0.2) is 0 Å². The van der Waals surface area contributed by atoms with Gasteiger partial charge < -0.3 is 5.32 Å². The predicted molar refractivity (Wildman–Crippen MR) is 98.6 cm³/mol. The summed E-state index contributed by atoms with van der Waals surface area (Å²) in [6.45, 7) is 3.23. The Bertz CT molecular complexity index is 548. The van der Waals surface area contributed by atoms with Crippen molar-refractivity contribution in [2.75, 3.05) is 6.54 Å². The van der Waals surface area contributed by atoms with Gasteiger partial charge in [-0.3, -0.25) is 0 Å². The zero-order valence-electron chi connectivity index (χ0n) is 11.1. The molecule has 0 saturated heterocycles. The van der Waals surface area contributed by atoms with Crippen LogP contribution in [-0.4, -0.2) is 6.54 Å². The van der Waals surface area contributed by atoms with Crippen LogP contribution < -0.4 is 5.32 Å². The van der Waals surface area contributed by atoms with Crippen molar-refractivity contribution in [3.8, 4) is 0 Å². The maximum Gasteiger partial charge on any atom is 0.0843 e. The second kappa shape index (κ2) is 8.08. The highest BCUT2D eigenvalue weighted by Crippen LogP contribution is 2.36. The molecule has 0 aliphatic rings. The van der Waals surface area contributed by atoms with Crippen LogP contribution in [0, 0.1) is 0 Å². The van der Waals surface area contributed by atoms with Crippen molar-refractivity contribution in [1.82, 2.24) is 5.32 Å². The van der Waals surface area contributed by atoms with E-state index in [0.29, 0.717) is 6.04 Å². The Balaban J connectivity index is 2.19. The number of halogens is 3. The van der Waals surface area contributed by atoms with E-state index in [1.807, 2.05) is 0 Å². The first-order chi connectivity index (χ1) is 9.60. The van der Waals surface area contributed by atoms with E-state index >= 15 is 0 Å². The molecule has 1 nitrogen and oxygen atoms in total. The molecule has 1 aromatic heterocycles. The molecular weight excluding hydrogens is 466 g/mol. The third kappa shape index (κ3) is 4.67. The normalized spacial score (nSPS) is 12.6. The van der Waals surface area contributed by atoms with Gasteiger partial charge in [0.2, 0.25) is 0 Å². The third-order valence-electron chi connectivity index (χ3n) is 2.98. The minimum atomic E-state index is 0.358. The summed E-state index contributed by atoms with van der Waals surface area (Å²) in [4.78, 5) is 1.36. The van der Waals surface area contributed by atoms with Gasteiger partial charge in [0.15, 0.2) is 0 Å². The topological polar surface area (TPSA) is 12.0 Å². The average Bonchev–Trinajstić information content (AvgIpc) is 2.74. The van der Waals surface area contributed by atoms with Gasteiger partial charge in [-0.2, -0.15) is 0 Å². The van der Waals surface area contributed by atoms with Crippen LogP contribution >= 0.6 is 59.1 Å². The summed E-state index contributed by atoms with van der Waals surface area (Å²) in [5.41, 5.74) is 1.34. The van der Waals surface area contributed by atoms with Crippen molar-refractivity contribution in [1.29, 1.82) is 0 Å². The average molecular weight is 482 g/mol. The van der Waals surface area contributed by atoms with E-state index in [1.54, 1.807) is 11.3 Å². The van der Waals surface area contributed by atoms with E-state index in [9.17, 15) is 0 Å². The lowest BCUT2D eigenvalue weighted by Crippen LogP contribution is -2.23. The number of benzene rings is 1. The van der Waals surface area contributed by atoms with Gasteiger partial charge in [-0.1, -0.05) is 35.0 Å². The Morgan fingerprint density at radius 1 is 1.20 bits per heavy atom. The van der Waals surface area contributed by atoms with Crippen molar-refractivity contribution in [3.63, 3.8) is 0 Å². The second-order valence-electron chi connectivity index (χ2n) is 4.61. The summed E-state index contributed by atoms with van der Waals surface area (Å²) in [5, 5.41) is 3.65. The Morgan fingerprint density at radius 3 is 2.60 bits per heavy atom. The molecule has 0 fully saturated rings. The van der Waals surface area contributed by atoms with Gasteiger partial charge in [-0.15, -0.1) is 11.3 Å². The van der Waals surface area contributed by atoms with Gasteiger partial charge in [0, 0.05) is 19.9 Å². The summed E-state index contributed by atoms with van der Waals surface area (Å²) in [5.74, 6) is 0. The van der Waals surface area contributed by atoms with Crippen LogP contribution in [0.25, 0.3) is 0 Å². The van der Waals surface area contributed by atoms with Crippen LogP contribution in [0.2, 0.25) is 0 Å². The standard InChI is InChI=1S/C15H16Br3NS/c1-2-6-19-13(14-9-12(17)15(18)20-14)8-10-4-3-5-11(16)7-10/h3-5,7,9,13,19H,2,6,8H2,1H3. The summed E-state index contributed by atoms with van der Waals surface area (Å²) in [6.07, 6.45) is 2.14. The van der Waals surface area contributed by atoms with E-state index in [2.05, 4.69) is 90.4 Å². The molecule has 0 bridgehead atoms. The zero-order valence-corrected chi connectivity index (χ0v) is 16.7. The SMILES string of the molecule is CCCNC(Cc1cccc(Br)c1)c1cc(Br)c(Br)s1. The molecule has 20 heavy (non-hydrogen) atoms. The molecular formula is C15H16Br3NS. The van der Waals surface area contributed by atoms with Gasteiger partial charge in [0.25, 0.3) is 0 Å². The Kier molecular flexibility index (Phi) is 6.75. The highest BCUT2D eigenvalue weighted by atomic mass is 79.9. The first-order valence-electron chi connectivity index (χ1n) is 6.52. The fourth-order valence-corrected chi connectivity index (χ4v) is 4.64. The highest BCUT2D eigenvalue weighted by molar-refractivity contribution is 9.13. The molecule has 2 rings (SSSR count). The fourth-order valence-electron chi connectivity index (χ4n) is 2.03. The van der Waals surface area contributed by atoms with E-state index in [4.69, 9.17) is 0 Å². The van der Waals surface area contributed by atoms with Crippen LogP contribution in [0.4, 0.5) is 0 Å². The minimum absolute atomic E-state index is 0.358. The molecule has 1 unspecified atom stereocenters. The summed E-state index contributed by atoms with van der Waals surface area (Å²) >= 11 is 12.5. The molecule has 0 radical (unpaired) electrons. The summed E-state index contributed by atoms with van der Waals surface area (Å²) in [6, 6.07) is 11.1. The molecule has 0 aliphatic carbocycles. The van der Waals surface area contributed by atoms with Crippen LogP contribution in [0.5, 0.6) is 0 Å². The Morgan fingerprint density at radius 2 is 2.00 bits per heavy atom. The molecule has 0 aliphatic heterocycles. The Hall–Kier alpha value is 0.320. The first kappa shape index (κ1) is 16.7. The number of nitrogens with one attached hydrogen (secondary N) is 1. The molecule has 1 aromatic carbocycles. The number of hydrogen-bond donors (Lipinski definition) is 1. The quantitative estimate of drug-likeness (QED) is 0.509. The Labute approximate surface area is 149 Å². The molecule has 1 N–H and O–H groups in total. The van der Waals surface area contributed by atoms with E-state index in [0.717, 1.165) is 32.1 Å². The molecule has 5 heteroatoms. The van der Waals surface area contributed by atoms with Crippen LogP contribution in [0.1, 0.15) is 29.8 Å².